The van der Waals surface area contributed by atoms with Gasteiger partial charge in [-0.1, -0.05) is 79.7 Å². The Labute approximate surface area is 163 Å². The van der Waals surface area contributed by atoms with E-state index in [1.807, 2.05) is 0 Å². The molecule has 0 saturated heterocycles. The maximum atomic E-state index is 9.09. The van der Waals surface area contributed by atoms with Crippen LogP contribution in [0.15, 0.2) is 72.8 Å². The van der Waals surface area contributed by atoms with Crippen molar-refractivity contribution in [2.45, 2.75) is 26.4 Å². The van der Waals surface area contributed by atoms with Crippen LogP contribution in [0.25, 0.3) is 0 Å². The first kappa shape index (κ1) is 19.6. The first-order valence-electron chi connectivity index (χ1n) is 9.46. The van der Waals surface area contributed by atoms with Gasteiger partial charge in [-0.3, -0.25) is 0 Å². The van der Waals surface area contributed by atoms with Crippen LogP contribution in [-0.2, 0) is 12.6 Å². The zero-order valence-corrected chi connectivity index (χ0v) is 17.0. The molecule has 2 nitrogen and oxygen atoms in total. The van der Waals surface area contributed by atoms with Crippen molar-refractivity contribution in [3.05, 3.63) is 89.5 Å². The largest absolute Gasteiger partial charge is 0.491 e. The number of aliphatic hydroxyl groups excluding tert-OH is 1. The van der Waals surface area contributed by atoms with E-state index >= 15 is 0 Å². The molecule has 3 aromatic carbocycles. The number of benzene rings is 3. The van der Waals surface area contributed by atoms with Gasteiger partial charge in [0.15, 0.2) is 0 Å². The molecule has 0 unspecified atom stereocenters. The van der Waals surface area contributed by atoms with Crippen LogP contribution in [-0.4, -0.2) is 18.3 Å². The Morgan fingerprint density at radius 1 is 0.889 bits per heavy atom. The topological polar surface area (TPSA) is 29.5 Å². The van der Waals surface area contributed by atoms with Crippen molar-refractivity contribution >= 4 is 18.5 Å². The van der Waals surface area contributed by atoms with Crippen molar-refractivity contribution in [2.75, 3.05) is 13.2 Å². The van der Waals surface area contributed by atoms with Crippen molar-refractivity contribution in [2.24, 2.45) is 0 Å². The first-order valence-corrected chi connectivity index (χ1v) is 11.0. The summed E-state index contributed by atoms with van der Waals surface area (Å²) in [6.45, 7) is 4.63. The zero-order chi connectivity index (χ0) is 19.1. The molecular weight excluding hydrogens is 351 g/mol. The van der Waals surface area contributed by atoms with Crippen molar-refractivity contribution in [3.8, 4) is 5.75 Å². The smallest absolute Gasteiger partial charge is 0.125 e. The molecule has 3 heteroatoms. The SMILES string of the molecule is CCc1cc(CP(c2ccccc2)c2ccccc2)cc(C)c1OCCO. The molecule has 0 radical (unpaired) electrons. The van der Waals surface area contributed by atoms with Gasteiger partial charge in [0.05, 0.1) is 6.61 Å². The third-order valence-electron chi connectivity index (χ3n) is 4.61. The lowest BCUT2D eigenvalue weighted by Crippen LogP contribution is -2.13. The highest BCUT2D eigenvalue weighted by molar-refractivity contribution is 7.72. The Morgan fingerprint density at radius 3 is 2.00 bits per heavy atom. The molecule has 0 bridgehead atoms. The van der Waals surface area contributed by atoms with E-state index in [2.05, 4.69) is 86.6 Å². The van der Waals surface area contributed by atoms with E-state index in [1.165, 1.54) is 21.7 Å². The van der Waals surface area contributed by atoms with Gasteiger partial charge in [0.25, 0.3) is 0 Å². The van der Waals surface area contributed by atoms with Crippen LogP contribution in [0.4, 0.5) is 0 Å². The monoisotopic (exact) mass is 378 g/mol. The fraction of sp³-hybridized carbons (Fsp3) is 0.250. The van der Waals surface area contributed by atoms with Crippen LogP contribution in [0.5, 0.6) is 5.75 Å². The van der Waals surface area contributed by atoms with Gasteiger partial charge < -0.3 is 9.84 Å². The average Bonchev–Trinajstić information content (AvgIpc) is 2.72. The predicted octanol–water partition coefficient (Wildman–Crippen LogP) is 4.56. The standard InChI is InChI=1S/C24H27O2P/c1-3-21-17-20(16-19(2)24(21)26-15-14-25)18-27(22-10-6-4-7-11-22)23-12-8-5-9-13-23/h4-13,16-17,25H,3,14-15,18H2,1-2H3. The van der Waals surface area contributed by atoms with Gasteiger partial charge in [-0.25, -0.2) is 0 Å². The lowest BCUT2D eigenvalue weighted by Gasteiger charge is -2.21. The van der Waals surface area contributed by atoms with E-state index in [4.69, 9.17) is 9.84 Å². The summed E-state index contributed by atoms with van der Waals surface area (Å²) in [5.41, 5.74) is 3.71. The van der Waals surface area contributed by atoms with Crippen molar-refractivity contribution < 1.29 is 9.84 Å². The molecule has 3 rings (SSSR count). The third-order valence-corrected chi connectivity index (χ3v) is 7.13. The minimum Gasteiger partial charge on any atom is -0.491 e. The highest BCUT2D eigenvalue weighted by Gasteiger charge is 2.16. The molecule has 0 fully saturated rings. The van der Waals surface area contributed by atoms with E-state index in [1.54, 1.807) is 0 Å². The highest BCUT2D eigenvalue weighted by atomic mass is 31.1. The molecule has 0 amide bonds. The second kappa shape index (κ2) is 9.69. The van der Waals surface area contributed by atoms with E-state index in [0.29, 0.717) is 6.61 Å². The molecule has 0 heterocycles. The third kappa shape index (κ3) is 4.97. The van der Waals surface area contributed by atoms with Gasteiger partial charge in [0.2, 0.25) is 0 Å². The van der Waals surface area contributed by atoms with Gasteiger partial charge in [0, 0.05) is 6.16 Å². The fourth-order valence-corrected chi connectivity index (χ4v) is 5.64. The van der Waals surface area contributed by atoms with Crippen molar-refractivity contribution in [1.82, 2.24) is 0 Å². The molecule has 3 aromatic rings. The molecule has 1 N–H and O–H groups in total. The molecule has 0 saturated carbocycles. The average molecular weight is 378 g/mol. The van der Waals surface area contributed by atoms with Crippen LogP contribution in [0.2, 0.25) is 0 Å². The Morgan fingerprint density at radius 2 is 1.48 bits per heavy atom. The second-order valence-electron chi connectivity index (χ2n) is 6.58. The Kier molecular flexibility index (Phi) is 7.04. The highest BCUT2D eigenvalue weighted by Crippen LogP contribution is 2.39. The first-order chi connectivity index (χ1) is 13.2. The number of aliphatic hydroxyl groups is 1. The lowest BCUT2D eigenvalue weighted by molar-refractivity contribution is 0.199. The Bertz CT molecular complexity index is 808. The summed E-state index contributed by atoms with van der Waals surface area (Å²) in [5.74, 6) is 0.930. The van der Waals surface area contributed by atoms with Crippen molar-refractivity contribution in [3.63, 3.8) is 0 Å². The summed E-state index contributed by atoms with van der Waals surface area (Å²) in [5, 5.41) is 11.9. The summed E-state index contributed by atoms with van der Waals surface area (Å²) >= 11 is 0. The minimum absolute atomic E-state index is 0.0393. The van der Waals surface area contributed by atoms with Crippen LogP contribution < -0.4 is 15.3 Å². The van der Waals surface area contributed by atoms with Gasteiger partial charge in [-0.2, -0.15) is 0 Å². The summed E-state index contributed by atoms with van der Waals surface area (Å²) in [7, 11) is -0.458. The number of ether oxygens (including phenoxy) is 1. The zero-order valence-electron chi connectivity index (χ0n) is 16.1. The molecule has 0 spiro atoms. The van der Waals surface area contributed by atoms with Gasteiger partial charge in [0.1, 0.15) is 12.4 Å². The molecule has 27 heavy (non-hydrogen) atoms. The van der Waals surface area contributed by atoms with Gasteiger partial charge >= 0.3 is 0 Å². The van der Waals surface area contributed by atoms with Gasteiger partial charge in [-0.15, -0.1) is 0 Å². The normalized spacial score (nSPS) is 11.0. The van der Waals surface area contributed by atoms with E-state index in [0.717, 1.165) is 23.9 Å². The van der Waals surface area contributed by atoms with Crippen LogP contribution in [0.3, 0.4) is 0 Å². The maximum absolute atomic E-state index is 9.09. The number of rotatable bonds is 8. The Hall–Kier alpha value is -2.15. The van der Waals surface area contributed by atoms with Crippen LogP contribution in [0, 0.1) is 6.92 Å². The molecule has 0 aliphatic rings. The molecule has 0 aromatic heterocycles. The summed E-state index contributed by atoms with van der Waals surface area (Å²) in [6, 6.07) is 26.2. The molecular formula is C24H27O2P. The van der Waals surface area contributed by atoms with E-state index in [9.17, 15) is 0 Å². The number of aryl methyl sites for hydroxylation is 2. The summed E-state index contributed by atoms with van der Waals surface area (Å²) < 4.78 is 5.79. The lowest BCUT2D eigenvalue weighted by atomic mass is 10.0. The van der Waals surface area contributed by atoms with Crippen LogP contribution in [0.1, 0.15) is 23.6 Å². The summed E-state index contributed by atoms with van der Waals surface area (Å²) in [4.78, 5) is 0. The predicted molar refractivity (Wildman–Crippen MR) is 116 cm³/mol. The summed E-state index contributed by atoms with van der Waals surface area (Å²) in [6.07, 6.45) is 1.93. The molecule has 140 valence electrons. The molecule has 0 aliphatic heterocycles. The molecule has 0 aliphatic carbocycles. The Balaban J connectivity index is 1.95. The number of hydrogen-bond acceptors (Lipinski definition) is 2. The van der Waals surface area contributed by atoms with Crippen molar-refractivity contribution in [1.29, 1.82) is 0 Å². The molecule has 0 atom stereocenters. The second-order valence-corrected chi connectivity index (χ2v) is 8.79. The van der Waals surface area contributed by atoms with E-state index in [-0.39, 0.29) is 6.61 Å². The fourth-order valence-electron chi connectivity index (χ4n) is 3.37. The minimum atomic E-state index is -0.458. The number of hydrogen-bond donors (Lipinski definition) is 1. The van der Waals surface area contributed by atoms with E-state index < -0.39 is 7.92 Å². The quantitative estimate of drug-likeness (QED) is 0.582. The van der Waals surface area contributed by atoms with Gasteiger partial charge in [-0.05, 0) is 48.6 Å². The maximum Gasteiger partial charge on any atom is 0.125 e. The van der Waals surface area contributed by atoms with Crippen LogP contribution >= 0.6 is 7.92 Å².